The van der Waals surface area contributed by atoms with Gasteiger partial charge >= 0.3 is 0 Å². The summed E-state index contributed by atoms with van der Waals surface area (Å²) in [5.41, 5.74) is 14.3. The Kier molecular flexibility index (Phi) is 4.37. The Labute approximate surface area is 224 Å². The largest absolute Gasteiger partial charge is 0.0878 e. The van der Waals surface area contributed by atoms with Gasteiger partial charge in [0.15, 0.2) is 0 Å². The molecular formula is C33H22ClI. The predicted octanol–water partition coefficient (Wildman–Crippen LogP) is 8.94. The fourth-order valence-electron chi connectivity index (χ4n) is 7.31. The first-order chi connectivity index (χ1) is 17.2. The van der Waals surface area contributed by atoms with Gasteiger partial charge in [-0.05, 0) is 84.7 Å². The number of hydrogen-bond donors (Lipinski definition) is 0. The van der Waals surface area contributed by atoms with E-state index in [0.717, 1.165) is 11.5 Å². The minimum Gasteiger partial charge on any atom is -0.0878 e. The van der Waals surface area contributed by atoms with E-state index in [0.29, 0.717) is 5.92 Å². The van der Waals surface area contributed by atoms with Gasteiger partial charge in [0.2, 0.25) is 0 Å². The van der Waals surface area contributed by atoms with Crippen LogP contribution in [-0.4, -0.2) is 0 Å². The lowest BCUT2D eigenvalue weighted by atomic mass is 9.60. The van der Waals surface area contributed by atoms with Crippen LogP contribution in [0.2, 0.25) is 0 Å². The normalized spacial score (nSPS) is 25.1. The lowest BCUT2D eigenvalue weighted by molar-refractivity contribution is 0.729. The van der Waals surface area contributed by atoms with Crippen LogP contribution in [0.15, 0.2) is 117 Å². The molecule has 0 fully saturated rings. The highest BCUT2D eigenvalue weighted by molar-refractivity contribution is 14.1. The maximum Gasteiger partial charge on any atom is 0.0456 e. The van der Waals surface area contributed by atoms with Crippen molar-refractivity contribution < 1.29 is 0 Å². The van der Waals surface area contributed by atoms with Crippen LogP contribution in [0.3, 0.4) is 0 Å². The van der Waals surface area contributed by atoms with Crippen molar-refractivity contribution in [3.8, 4) is 0 Å². The highest BCUT2D eigenvalue weighted by atomic mass is 127. The summed E-state index contributed by atoms with van der Waals surface area (Å²) >= 11 is 10.2. The first-order valence-corrected chi connectivity index (χ1v) is 13.8. The van der Waals surface area contributed by atoms with E-state index in [9.17, 15) is 0 Å². The Morgan fingerprint density at radius 1 is 0.514 bits per heavy atom. The molecule has 168 valence electrons. The van der Waals surface area contributed by atoms with Gasteiger partial charge in [-0.3, -0.25) is 0 Å². The van der Waals surface area contributed by atoms with E-state index in [1.165, 1.54) is 59.2 Å². The smallest absolute Gasteiger partial charge is 0.0456 e. The van der Waals surface area contributed by atoms with Crippen molar-refractivity contribution in [2.75, 3.05) is 0 Å². The first kappa shape index (κ1) is 20.6. The molecule has 0 aliphatic heterocycles. The molecule has 0 spiro atoms. The Bertz CT molecular complexity index is 1570. The van der Waals surface area contributed by atoms with Crippen molar-refractivity contribution in [2.24, 2.45) is 0 Å². The molecule has 6 aliphatic rings. The fourth-order valence-corrected chi connectivity index (χ4v) is 8.91. The summed E-state index contributed by atoms with van der Waals surface area (Å²) in [7, 11) is 0. The molecular weight excluding hydrogens is 559 g/mol. The van der Waals surface area contributed by atoms with Crippen molar-refractivity contribution in [2.45, 2.75) is 30.1 Å². The standard InChI is InChI=1S/C33H22ClI/c34-32-29-24-15-7-5-13-22(24)28(23-14-6-8-16-25(23)29)30(32)31-27-19-10-2-1-9-18(19)17-26(33(31)35)20-11-3-4-12-21(20)27/h1-16,26-29H,17H2/t26-,27-,28?,29?/m0/s1. The Morgan fingerprint density at radius 2 is 0.943 bits per heavy atom. The second-order valence-corrected chi connectivity index (χ2v) is 11.7. The van der Waals surface area contributed by atoms with Crippen LogP contribution in [0, 0.1) is 0 Å². The van der Waals surface area contributed by atoms with Gasteiger partial charge in [-0.2, -0.15) is 0 Å². The Balaban J connectivity index is 1.45. The van der Waals surface area contributed by atoms with Gasteiger partial charge < -0.3 is 0 Å². The van der Waals surface area contributed by atoms with E-state index >= 15 is 0 Å². The van der Waals surface area contributed by atoms with Gasteiger partial charge in [0, 0.05) is 32.3 Å². The average molecular weight is 581 g/mol. The summed E-state index contributed by atoms with van der Waals surface area (Å²) in [5.74, 6) is 0.895. The molecule has 0 nitrogen and oxygen atoms in total. The van der Waals surface area contributed by atoms with Crippen molar-refractivity contribution in [3.63, 3.8) is 0 Å². The quantitative estimate of drug-likeness (QED) is 0.197. The second kappa shape index (κ2) is 7.44. The molecule has 4 aromatic carbocycles. The van der Waals surface area contributed by atoms with Gasteiger partial charge in [0.1, 0.15) is 0 Å². The molecule has 0 heterocycles. The molecule has 35 heavy (non-hydrogen) atoms. The number of halogens is 2. The van der Waals surface area contributed by atoms with Gasteiger partial charge in [-0.25, -0.2) is 0 Å². The van der Waals surface area contributed by atoms with Crippen LogP contribution in [-0.2, 0) is 6.42 Å². The molecule has 4 aromatic rings. The topological polar surface area (TPSA) is 0 Å². The van der Waals surface area contributed by atoms with Crippen LogP contribution < -0.4 is 0 Å². The minimum atomic E-state index is 0.119. The molecule has 2 heteroatoms. The molecule has 0 amide bonds. The summed E-state index contributed by atoms with van der Waals surface area (Å²) in [5, 5.41) is 1.03. The molecule has 0 aromatic heterocycles. The van der Waals surface area contributed by atoms with Crippen LogP contribution in [0.5, 0.6) is 0 Å². The molecule has 0 radical (unpaired) electrons. The molecule has 4 bridgehead atoms. The van der Waals surface area contributed by atoms with E-state index in [-0.39, 0.29) is 17.8 Å². The summed E-state index contributed by atoms with van der Waals surface area (Å²) in [6, 6.07) is 36.1. The van der Waals surface area contributed by atoms with Crippen LogP contribution in [0.25, 0.3) is 0 Å². The number of rotatable bonds is 1. The maximum atomic E-state index is 7.52. The first-order valence-electron chi connectivity index (χ1n) is 12.4. The summed E-state index contributed by atoms with van der Waals surface area (Å²) < 4.78 is 1.47. The Morgan fingerprint density at radius 3 is 1.54 bits per heavy atom. The van der Waals surface area contributed by atoms with E-state index in [1.54, 1.807) is 0 Å². The molecule has 0 saturated carbocycles. The summed E-state index contributed by atoms with van der Waals surface area (Å²) in [6.45, 7) is 0. The SMILES string of the molecule is ClC1=C(C2=C(I)[C@H]3Cc4ccccc4[C@H]2c2ccccc23)C2c3ccccc3C1c1ccccc12. The fraction of sp³-hybridized carbons (Fsp3) is 0.152. The van der Waals surface area contributed by atoms with Crippen LogP contribution in [0.1, 0.15) is 68.2 Å². The van der Waals surface area contributed by atoms with Crippen molar-refractivity contribution >= 4 is 34.2 Å². The molecule has 0 unspecified atom stereocenters. The average Bonchev–Trinajstić information content (AvgIpc) is 3.12. The van der Waals surface area contributed by atoms with Gasteiger partial charge in [0.05, 0.1) is 0 Å². The van der Waals surface area contributed by atoms with Crippen molar-refractivity contribution in [1.82, 2.24) is 0 Å². The van der Waals surface area contributed by atoms with Crippen LogP contribution in [0.4, 0.5) is 0 Å². The van der Waals surface area contributed by atoms with E-state index in [4.69, 9.17) is 11.6 Å². The third-order valence-electron chi connectivity index (χ3n) is 8.65. The minimum absolute atomic E-state index is 0.119. The predicted molar refractivity (Wildman–Crippen MR) is 152 cm³/mol. The van der Waals surface area contributed by atoms with Crippen molar-refractivity contribution in [3.05, 3.63) is 161 Å². The highest BCUT2D eigenvalue weighted by Gasteiger charge is 2.48. The zero-order chi connectivity index (χ0) is 23.3. The Hall–Kier alpha value is -2.62. The van der Waals surface area contributed by atoms with Gasteiger partial charge in [-0.1, -0.05) is 109 Å². The van der Waals surface area contributed by atoms with Gasteiger partial charge in [0.25, 0.3) is 0 Å². The maximum absolute atomic E-state index is 7.52. The lowest BCUT2D eigenvalue weighted by Crippen LogP contribution is -2.30. The zero-order valence-electron chi connectivity index (χ0n) is 19.0. The molecule has 10 rings (SSSR count). The number of benzene rings is 4. The molecule has 2 atom stereocenters. The second-order valence-electron chi connectivity index (χ2n) is 10.2. The highest BCUT2D eigenvalue weighted by Crippen LogP contribution is 2.63. The molecule has 0 saturated heterocycles. The van der Waals surface area contributed by atoms with E-state index < -0.39 is 0 Å². The van der Waals surface area contributed by atoms with Crippen LogP contribution >= 0.6 is 34.2 Å². The third kappa shape index (κ3) is 2.64. The van der Waals surface area contributed by atoms with Crippen molar-refractivity contribution in [1.29, 1.82) is 0 Å². The summed E-state index contributed by atoms with van der Waals surface area (Å²) in [6.07, 6.45) is 1.05. The van der Waals surface area contributed by atoms with E-state index in [2.05, 4.69) is 120 Å². The zero-order valence-corrected chi connectivity index (χ0v) is 21.9. The monoisotopic (exact) mass is 580 g/mol. The third-order valence-corrected chi connectivity index (χ3v) is 10.4. The summed E-state index contributed by atoms with van der Waals surface area (Å²) in [4.78, 5) is 0. The van der Waals surface area contributed by atoms with Gasteiger partial charge in [-0.15, -0.1) is 0 Å². The lowest BCUT2D eigenvalue weighted by Gasteiger charge is -2.45. The number of fused-ring (bicyclic) bond motifs is 1. The molecule has 0 N–H and O–H groups in total. The number of hydrogen-bond acceptors (Lipinski definition) is 0. The van der Waals surface area contributed by atoms with E-state index in [1.807, 2.05) is 0 Å². The number of allylic oxidation sites excluding steroid dienone is 4. The molecule has 6 aliphatic carbocycles.